The van der Waals surface area contributed by atoms with Crippen molar-refractivity contribution in [3.05, 3.63) is 35.9 Å². The number of ketones is 1. The summed E-state index contributed by atoms with van der Waals surface area (Å²) in [5.74, 6) is 0.196. The summed E-state index contributed by atoms with van der Waals surface area (Å²) in [6, 6.07) is 6.80. The zero-order chi connectivity index (χ0) is 13.0. The van der Waals surface area contributed by atoms with Gasteiger partial charge in [-0.3, -0.25) is 10.2 Å². The number of para-hydroxylation sites is 1. The monoisotopic (exact) mass is 243 g/mol. The molecule has 2 rings (SSSR count). The van der Waals surface area contributed by atoms with Crippen LogP contribution in [0.1, 0.15) is 12.5 Å². The van der Waals surface area contributed by atoms with Gasteiger partial charge in [0, 0.05) is 0 Å². The number of carbonyl (C=O) groups excluding carboxylic acids is 2. The van der Waals surface area contributed by atoms with Gasteiger partial charge in [0.1, 0.15) is 18.2 Å². The Hall–Kier alpha value is -2.43. The van der Waals surface area contributed by atoms with Crippen LogP contribution < -0.4 is 10.7 Å². The number of nitrogens with zero attached hydrogens (tertiary/aromatic N) is 1. The molecule has 1 heterocycles. The van der Waals surface area contributed by atoms with Crippen molar-refractivity contribution in [2.75, 3.05) is 5.43 Å². The first-order valence-electron chi connectivity index (χ1n) is 5.54. The van der Waals surface area contributed by atoms with Crippen molar-refractivity contribution < 1.29 is 9.59 Å². The molecule has 1 aliphatic rings. The Morgan fingerprint density at radius 3 is 2.89 bits per heavy atom. The average Bonchev–Trinajstić information content (AvgIpc) is 2.58. The molecule has 0 spiro atoms. The van der Waals surface area contributed by atoms with Gasteiger partial charge >= 0.3 is 0 Å². The zero-order valence-corrected chi connectivity index (χ0v) is 9.88. The Labute approximate surface area is 105 Å². The van der Waals surface area contributed by atoms with Crippen LogP contribution in [0.25, 0.3) is 6.08 Å². The van der Waals surface area contributed by atoms with E-state index < -0.39 is 6.04 Å². The molecule has 0 radical (unpaired) electrons. The van der Waals surface area contributed by atoms with E-state index in [1.807, 2.05) is 30.3 Å². The molecule has 18 heavy (non-hydrogen) atoms. The summed E-state index contributed by atoms with van der Waals surface area (Å²) < 4.78 is 0. The summed E-state index contributed by atoms with van der Waals surface area (Å²) in [7, 11) is 0. The molecule has 5 nitrogen and oxygen atoms in total. The lowest BCUT2D eigenvalue weighted by Gasteiger charge is -2.09. The van der Waals surface area contributed by atoms with Crippen LogP contribution in [0, 0.1) is 0 Å². The van der Waals surface area contributed by atoms with E-state index in [9.17, 15) is 9.59 Å². The number of carbonyl (C=O) groups is 2. The molecule has 0 amide bonds. The number of benzene rings is 1. The quantitative estimate of drug-likeness (QED) is 0.618. The maximum absolute atomic E-state index is 11.2. The number of aldehydes is 1. The van der Waals surface area contributed by atoms with E-state index in [0.29, 0.717) is 12.1 Å². The maximum atomic E-state index is 11.2. The summed E-state index contributed by atoms with van der Waals surface area (Å²) in [5, 5.41) is 6.86. The molecule has 5 heteroatoms. The number of amidine groups is 1. The second kappa shape index (κ2) is 5.27. The molecular formula is C13H13N3O2. The van der Waals surface area contributed by atoms with E-state index in [1.54, 1.807) is 6.08 Å². The number of nitrogens with one attached hydrogen (secondary N) is 2. The standard InChI is InChI=1S/C13H13N3O2/c1-9(18)12(8-17)14-13-7-6-10-4-2-3-5-11(10)15-16-13/h2-8,12,15H,1H3,(H,14,16). The predicted molar refractivity (Wildman–Crippen MR) is 70.2 cm³/mol. The lowest BCUT2D eigenvalue weighted by Crippen LogP contribution is -2.40. The van der Waals surface area contributed by atoms with Gasteiger partial charge in [0.15, 0.2) is 5.78 Å². The lowest BCUT2D eigenvalue weighted by atomic mass is 10.1. The van der Waals surface area contributed by atoms with Gasteiger partial charge in [-0.05, 0) is 30.7 Å². The highest BCUT2D eigenvalue weighted by molar-refractivity contribution is 6.05. The molecule has 1 aliphatic heterocycles. The number of hydrogen-bond acceptors (Lipinski definition) is 5. The number of hydrogen-bond donors (Lipinski definition) is 2. The highest BCUT2D eigenvalue weighted by atomic mass is 16.1. The first kappa shape index (κ1) is 12.0. The maximum Gasteiger partial charge on any atom is 0.159 e. The van der Waals surface area contributed by atoms with Gasteiger partial charge in [0.2, 0.25) is 0 Å². The fourth-order valence-electron chi connectivity index (χ4n) is 1.54. The molecule has 1 aromatic rings. The van der Waals surface area contributed by atoms with Crippen LogP contribution in [-0.2, 0) is 9.59 Å². The molecular weight excluding hydrogens is 230 g/mol. The molecule has 0 saturated heterocycles. The van der Waals surface area contributed by atoms with E-state index in [-0.39, 0.29) is 5.78 Å². The van der Waals surface area contributed by atoms with Crippen molar-refractivity contribution in [1.29, 1.82) is 0 Å². The van der Waals surface area contributed by atoms with E-state index in [4.69, 9.17) is 0 Å². The van der Waals surface area contributed by atoms with Crippen molar-refractivity contribution in [2.24, 2.45) is 5.10 Å². The van der Waals surface area contributed by atoms with Gasteiger partial charge in [-0.25, -0.2) is 0 Å². The second-order valence-electron chi connectivity index (χ2n) is 3.90. The molecule has 0 bridgehead atoms. The van der Waals surface area contributed by atoms with E-state index >= 15 is 0 Å². The first-order valence-corrected chi connectivity index (χ1v) is 5.54. The van der Waals surface area contributed by atoms with Crippen LogP contribution in [-0.4, -0.2) is 23.9 Å². The van der Waals surface area contributed by atoms with Gasteiger partial charge < -0.3 is 10.1 Å². The SMILES string of the molecule is CC(=O)C(C=O)NC1=NNc2ccccc2C=C1. The van der Waals surface area contributed by atoms with Gasteiger partial charge in [-0.15, -0.1) is 0 Å². The summed E-state index contributed by atoms with van der Waals surface area (Å²) >= 11 is 0. The van der Waals surface area contributed by atoms with Crippen molar-refractivity contribution in [3.63, 3.8) is 0 Å². The average molecular weight is 243 g/mol. The molecule has 1 atom stereocenters. The minimum absolute atomic E-state index is 0.247. The predicted octanol–water partition coefficient (Wildman–Crippen LogP) is 1.18. The number of hydrazone groups is 1. The molecule has 0 aromatic heterocycles. The molecule has 0 saturated carbocycles. The molecule has 0 aliphatic carbocycles. The summed E-state index contributed by atoms with van der Waals surface area (Å²) in [6.45, 7) is 1.36. The van der Waals surface area contributed by atoms with Crippen LogP contribution in [0.4, 0.5) is 5.69 Å². The van der Waals surface area contributed by atoms with E-state index in [0.717, 1.165) is 11.3 Å². The van der Waals surface area contributed by atoms with Crippen LogP contribution in [0.15, 0.2) is 35.4 Å². The largest absolute Gasteiger partial charge is 0.353 e. The molecule has 92 valence electrons. The minimum Gasteiger partial charge on any atom is -0.353 e. The minimum atomic E-state index is -0.864. The van der Waals surface area contributed by atoms with Gasteiger partial charge in [-0.1, -0.05) is 18.2 Å². The zero-order valence-electron chi connectivity index (χ0n) is 9.88. The van der Waals surface area contributed by atoms with Crippen molar-refractivity contribution >= 4 is 29.7 Å². The molecule has 1 unspecified atom stereocenters. The van der Waals surface area contributed by atoms with Crippen LogP contribution >= 0.6 is 0 Å². The van der Waals surface area contributed by atoms with Crippen molar-refractivity contribution in [1.82, 2.24) is 5.32 Å². The van der Waals surface area contributed by atoms with Crippen molar-refractivity contribution in [2.45, 2.75) is 13.0 Å². The molecule has 2 N–H and O–H groups in total. The van der Waals surface area contributed by atoms with Gasteiger partial charge in [-0.2, -0.15) is 5.10 Å². The third kappa shape index (κ3) is 2.63. The Kier molecular flexibility index (Phi) is 3.52. The second-order valence-corrected chi connectivity index (χ2v) is 3.90. The Morgan fingerprint density at radius 2 is 2.17 bits per heavy atom. The number of fused-ring (bicyclic) bond motifs is 1. The van der Waals surface area contributed by atoms with Crippen molar-refractivity contribution in [3.8, 4) is 0 Å². The summed E-state index contributed by atoms with van der Waals surface area (Å²) in [6.07, 6.45) is 4.15. The summed E-state index contributed by atoms with van der Waals surface area (Å²) in [5.41, 5.74) is 4.74. The van der Waals surface area contributed by atoms with Crippen LogP contribution in [0.2, 0.25) is 0 Å². The summed E-state index contributed by atoms with van der Waals surface area (Å²) in [4.78, 5) is 21.9. The number of Topliss-reactive ketones (excluding diaryl/α,β-unsaturated/α-hetero) is 1. The highest BCUT2D eigenvalue weighted by Crippen LogP contribution is 2.18. The molecule has 0 fully saturated rings. The first-order chi connectivity index (χ1) is 8.70. The topological polar surface area (TPSA) is 70.6 Å². The van der Waals surface area contributed by atoms with E-state index in [1.165, 1.54) is 6.92 Å². The Morgan fingerprint density at radius 1 is 1.39 bits per heavy atom. The van der Waals surface area contributed by atoms with Gasteiger partial charge in [0.05, 0.1) is 5.69 Å². The molecule has 1 aromatic carbocycles. The fraction of sp³-hybridized carbons (Fsp3) is 0.154. The lowest BCUT2D eigenvalue weighted by molar-refractivity contribution is -0.122. The third-order valence-electron chi connectivity index (χ3n) is 2.56. The van der Waals surface area contributed by atoms with E-state index in [2.05, 4.69) is 15.8 Å². The normalized spacial score (nSPS) is 14.6. The van der Waals surface area contributed by atoms with Gasteiger partial charge in [0.25, 0.3) is 0 Å². The number of anilines is 1. The Balaban J connectivity index is 2.16. The number of rotatable bonds is 3. The van der Waals surface area contributed by atoms with Crippen LogP contribution in [0.5, 0.6) is 0 Å². The van der Waals surface area contributed by atoms with Crippen LogP contribution in [0.3, 0.4) is 0 Å². The smallest absolute Gasteiger partial charge is 0.159 e. The highest BCUT2D eigenvalue weighted by Gasteiger charge is 2.14. The fourth-order valence-corrected chi connectivity index (χ4v) is 1.54. The third-order valence-corrected chi connectivity index (χ3v) is 2.56. The Bertz CT molecular complexity index is 535.